The fourth-order valence-electron chi connectivity index (χ4n) is 4.20. The molecule has 2 aromatic heterocycles. The molecule has 9 heteroatoms. The number of aromatic nitrogens is 2. The van der Waals surface area contributed by atoms with Gasteiger partial charge in [0.05, 0.1) is 22.7 Å². The first-order valence-electron chi connectivity index (χ1n) is 12.3. The number of carboxylic acids is 1. The Morgan fingerprint density at radius 3 is 2.55 bits per heavy atom. The van der Waals surface area contributed by atoms with Gasteiger partial charge in [0, 0.05) is 9.86 Å². The number of ether oxygens (including phenoxy) is 1. The minimum Gasteiger partial charge on any atom is -0.489 e. The Morgan fingerprint density at radius 2 is 1.77 bits per heavy atom. The van der Waals surface area contributed by atoms with E-state index in [1.165, 1.54) is 4.68 Å². The van der Waals surface area contributed by atoms with Crippen LogP contribution in [0, 0.1) is 0 Å². The second kappa shape index (κ2) is 10.6. The monoisotopic (exact) mass is 593 g/mol. The Bertz CT molecular complexity index is 1960. The molecule has 0 spiro atoms. The van der Waals surface area contributed by atoms with Gasteiger partial charge in [0.15, 0.2) is 5.76 Å². The zero-order valence-corrected chi connectivity index (χ0v) is 22.4. The van der Waals surface area contributed by atoms with Gasteiger partial charge < -0.3 is 14.3 Å². The highest BCUT2D eigenvalue weighted by molar-refractivity contribution is 9.10. The predicted octanol–water partition coefficient (Wildman–Crippen LogP) is 6.73. The Labute approximate surface area is 235 Å². The van der Waals surface area contributed by atoms with Gasteiger partial charge in [-0.1, -0.05) is 40.2 Å². The van der Waals surface area contributed by atoms with Crippen LogP contribution in [0.3, 0.4) is 0 Å². The summed E-state index contributed by atoms with van der Waals surface area (Å²) in [6, 6.07) is 28.4. The van der Waals surface area contributed by atoms with E-state index in [4.69, 9.17) is 19.2 Å². The molecule has 40 heavy (non-hydrogen) atoms. The first-order chi connectivity index (χ1) is 19.4. The molecular formula is C31H20BrN3O5. The van der Waals surface area contributed by atoms with E-state index in [2.05, 4.69) is 21.0 Å². The highest BCUT2D eigenvalue weighted by Crippen LogP contribution is 2.29. The number of furan rings is 1. The Balaban J connectivity index is 1.28. The standard InChI is InChI=1S/C31H20BrN3O5/c32-23-11-14-27-22(15-23)16-28(40-27)29-34-26-4-2-1-3-25(26)30(36)35(29)33-17-19-7-12-24(13-8-19)39-18-20-5-9-21(10-6-20)31(37)38/h1-17H,18H2,(H,37,38). The lowest BCUT2D eigenvalue weighted by Gasteiger charge is -2.08. The van der Waals surface area contributed by atoms with Gasteiger partial charge in [-0.2, -0.15) is 9.78 Å². The summed E-state index contributed by atoms with van der Waals surface area (Å²) >= 11 is 3.48. The topological polar surface area (TPSA) is 107 Å². The lowest BCUT2D eigenvalue weighted by Crippen LogP contribution is -2.20. The lowest BCUT2D eigenvalue weighted by molar-refractivity contribution is 0.0697. The number of fused-ring (bicyclic) bond motifs is 2. The molecule has 0 unspecified atom stereocenters. The summed E-state index contributed by atoms with van der Waals surface area (Å²) in [5.74, 6) is 0.386. The van der Waals surface area contributed by atoms with Gasteiger partial charge in [0.25, 0.3) is 5.56 Å². The largest absolute Gasteiger partial charge is 0.489 e. The highest BCUT2D eigenvalue weighted by Gasteiger charge is 2.16. The van der Waals surface area contributed by atoms with Crippen molar-refractivity contribution in [3.05, 3.63) is 129 Å². The van der Waals surface area contributed by atoms with E-state index in [1.54, 1.807) is 60.8 Å². The van der Waals surface area contributed by atoms with Gasteiger partial charge in [-0.05, 0) is 83.9 Å². The predicted molar refractivity (Wildman–Crippen MR) is 156 cm³/mol. The van der Waals surface area contributed by atoms with Crippen molar-refractivity contribution < 1.29 is 19.1 Å². The molecule has 196 valence electrons. The number of hydrogen-bond acceptors (Lipinski definition) is 6. The van der Waals surface area contributed by atoms with Crippen molar-refractivity contribution in [3.8, 4) is 17.3 Å². The molecule has 4 aromatic carbocycles. The maximum atomic E-state index is 13.5. The van der Waals surface area contributed by atoms with Crippen LogP contribution in [0.2, 0.25) is 0 Å². The van der Waals surface area contributed by atoms with Crippen molar-refractivity contribution >= 4 is 50.0 Å². The molecule has 0 amide bonds. The number of benzene rings is 4. The van der Waals surface area contributed by atoms with Gasteiger partial charge in [0.1, 0.15) is 17.9 Å². The van der Waals surface area contributed by atoms with Crippen molar-refractivity contribution in [1.82, 2.24) is 9.66 Å². The maximum absolute atomic E-state index is 13.5. The third-order valence-electron chi connectivity index (χ3n) is 6.26. The minimum atomic E-state index is -0.968. The third kappa shape index (κ3) is 5.14. The van der Waals surface area contributed by atoms with Crippen LogP contribution in [-0.4, -0.2) is 27.0 Å². The number of rotatable bonds is 7. The first kappa shape index (κ1) is 25.3. The van der Waals surface area contributed by atoms with Gasteiger partial charge in [0.2, 0.25) is 5.82 Å². The molecular weight excluding hydrogens is 574 g/mol. The molecule has 0 saturated heterocycles. The zero-order valence-electron chi connectivity index (χ0n) is 20.8. The quantitative estimate of drug-likeness (QED) is 0.206. The summed E-state index contributed by atoms with van der Waals surface area (Å²) in [5.41, 5.74) is 2.73. The molecule has 6 aromatic rings. The van der Waals surface area contributed by atoms with Gasteiger partial charge >= 0.3 is 5.97 Å². The Kier molecular flexibility index (Phi) is 6.71. The van der Waals surface area contributed by atoms with Crippen LogP contribution in [0.25, 0.3) is 33.5 Å². The molecule has 0 saturated carbocycles. The van der Waals surface area contributed by atoms with Crippen LogP contribution >= 0.6 is 15.9 Å². The van der Waals surface area contributed by atoms with Crippen LogP contribution in [-0.2, 0) is 6.61 Å². The fourth-order valence-corrected chi connectivity index (χ4v) is 4.58. The summed E-state index contributed by atoms with van der Waals surface area (Å²) in [4.78, 5) is 29.2. The number of aromatic carboxylic acids is 1. The van der Waals surface area contributed by atoms with E-state index in [9.17, 15) is 9.59 Å². The SMILES string of the molecule is O=C(O)c1ccc(COc2ccc(C=Nn3c(-c4cc5cc(Br)ccc5o4)nc4ccccc4c3=O)cc2)cc1. The van der Waals surface area contributed by atoms with Crippen molar-refractivity contribution in [1.29, 1.82) is 0 Å². The second-order valence-corrected chi connectivity index (χ2v) is 9.88. The Morgan fingerprint density at radius 1 is 1.00 bits per heavy atom. The van der Waals surface area contributed by atoms with E-state index >= 15 is 0 Å². The van der Waals surface area contributed by atoms with Crippen molar-refractivity contribution in [3.63, 3.8) is 0 Å². The average molecular weight is 594 g/mol. The highest BCUT2D eigenvalue weighted by atomic mass is 79.9. The normalized spacial score (nSPS) is 11.4. The number of para-hydroxylation sites is 1. The number of halogens is 1. The summed E-state index contributed by atoms with van der Waals surface area (Å²) in [7, 11) is 0. The first-order valence-corrected chi connectivity index (χ1v) is 13.0. The summed E-state index contributed by atoms with van der Waals surface area (Å²) in [6.07, 6.45) is 1.58. The smallest absolute Gasteiger partial charge is 0.335 e. The summed E-state index contributed by atoms with van der Waals surface area (Å²) < 4.78 is 14.0. The van der Waals surface area contributed by atoms with Crippen LogP contribution in [0.15, 0.2) is 116 Å². The minimum absolute atomic E-state index is 0.227. The number of carboxylic acid groups (broad SMARTS) is 1. The molecule has 8 nitrogen and oxygen atoms in total. The van der Waals surface area contributed by atoms with E-state index in [1.807, 2.05) is 42.5 Å². The van der Waals surface area contributed by atoms with Gasteiger partial charge in [-0.25, -0.2) is 9.78 Å². The Hall–Kier alpha value is -5.02. The molecule has 0 aliphatic rings. The molecule has 0 aliphatic carbocycles. The molecule has 1 N–H and O–H groups in total. The van der Waals surface area contributed by atoms with E-state index in [-0.39, 0.29) is 11.1 Å². The maximum Gasteiger partial charge on any atom is 0.335 e. The van der Waals surface area contributed by atoms with Crippen molar-refractivity contribution in [2.75, 3.05) is 0 Å². The average Bonchev–Trinajstić information content (AvgIpc) is 3.39. The number of carbonyl (C=O) groups is 1. The molecule has 0 radical (unpaired) electrons. The summed E-state index contributed by atoms with van der Waals surface area (Å²) in [6.45, 7) is 0.295. The third-order valence-corrected chi connectivity index (χ3v) is 6.75. The molecule has 0 bridgehead atoms. The van der Waals surface area contributed by atoms with Gasteiger partial charge in [-0.3, -0.25) is 4.79 Å². The van der Waals surface area contributed by atoms with Crippen LogP contribution < -0.4 is 10.3 Å². The van der Waals surface area contributed by atoms with E-state index in [0.717, 1.165) is 21.0 Å². The molecule has 0 fully saturated rings. The van der Waals surface area contributed by atoms with E-state index in [0.29, 0.717) is 40.4 Å². The van der Waals surface area contributed by atoms with E-state index < -0.39 is 5.97 Å². The fraction of sp³-hybridized carbons (Fsp3) is 0.0323. The lowest BCUT2D eigenvalue weighted by atomic mass is 10.1. The summed E-state index contributed by atoms with van der Waals surface area (Å²) in [5, 5.41) is 14.8. The van der Waals surface area contributed by atoms with Crippen molar-refractivity contribution in [2.24, 2.45) is 5.10 Å². The van der Waals surface area contributed by atoms with Crippen molar-refractivity contribution in [2.45, 2.75) is 6.61 Å². The zero-order chi connectivity index (χ0) is 27.6. The second-order valence-electron chi connectivity index (χ2n) is 8.97. The van der Waals surface area contributed by atoms with Crippen LogP contribution in [0.5, 0.6) is 5.75 Å². The molecule has 2 heterocycles. The molecule has 0 atom stereocenters. The molecule has 6 rings (SSSR count). The number of nitrogens with zero attached hydrogens (tertiary/aromatic N) is 3. The van der Waals surface area contributed by atoms with Gasteiger partial charge in [-0.15, -0.1) is 0 Å². The van der Waals surface area contributed by atoms with Crippen LogP contribution in [0.4, 0.5) is 0 Å². The van der Waals surface area contributed by atoms with Crippen LogP contribution in [0.1, 0.15) is 21.5 Å². The molecule has 0 aliphatic heterocycles. The number of hydrogen-bond donors (Lipinski definition) is 1.